The van der Waals surface area contributed by atoms with Gasteiger partial charge in [-0.05, 0) is 13.8 Å². The van der Waals surface area contributed by atoms with E-state index in [1.54, 1.807) is 0 Å². The standard InChI is InChI=1S/C4H9NO2/c1-4(2)5-7-3-6/h3-5H,1-2H3. The molecule has 0 radical (unpaired) electrons. The molecule has 0 amide bonds. The van der Waals surface area contributed by atoms with Gasteiger partial charge >= 0.3 is 6.47 Å². The van der Waals surface area contributed by atoms with Gasteiger partial charge in [0.05, 0.1) is 0 Å². The molecule has 7 heavy (non-hydrogen) atoms. The summed E-state index contributed by atoms with van der Waals surface area (Å²) in [6.07, 6.45) is 0. The average molecular weight is 103 g/mol. The third-order valence-electron chi connectivity index (χ3n) is 0.352. The zero-order valence-electron chi connectivity index (χ0n) is 4.47. The molecular weight excluding hydrogens is 94.0 g/mol. The third-order valence-corrected chi connectivity index (χ3v) is 0.352. The quantitative estimate of drug-likeness (QED) is 0.406. The second-order valence-corrected chi connectivity index (χ2v) is 1.49. The molecule has 0 fully saturated rings. The number of rotatable bonds is 3. The fraction of sp³-hybridized carbons (Fsp3) is 0.750. The van der Waals surface area contributed by atoms with Gasteiger partial charge in [0.15, 0.2) is 0 Å². The first-order chi connectivity index (χ1) is 3.27. The fourth-order valence-corrected chi connectivity index (χ4v) is 0.164. The van der Waals surface area contributed by atoms with Gasteiger partial charge in [-0.1, -0.05) is 0 Å². The Morgan fingerprint density at radius 2 is 2.29 bits per heavy atom. The highest BCUT2D eigenvalue weighted by molar-refractivity contribution is 5.36. The van der Waals surface area contributed by atoms with E-state index in [0.717, 1.165) is 0 Å². The van der Waals surface area contributed by atoms with Crippen molar-refractivity contribution in [3.05, 3.63) is 0 Å². The van der Waals surface area contributed by atoms with Crippen LogP contribution in [0.4, 0.5) is 0 Å². The lowest BCUT2D eigenvalue weighted by molar-refractivity contribution is -0.136. The maximum atomic E-state index is 9.42. The van der Waals surface area contributed by atoms with E-state index in [-0.39, 0.29) is 6.04 Å². The number of carbonyl (C=O) groups excluding carboxylic acids is 1. The molecule has 0 spiro atoms. The van der Waals surface area contributed by atoms with Gasteiger partial charge in [-0.25, -0.2) is 0 Å². The van der Waals surface area contributed by atoms with E-state index in [1.165, 1.54) is 0 Å². The van der Waals surface area contributed by atoms with Crippen LogP contribution in [-0.2, 0) is 9.63 Å². The molecule has 0 atom stereocenters. The normalized spacial score (nSPS) is 9.00. The monoisotopic (exact) mass is 103 g/mol. The largest absolute Gasteiger partial charge is 0.373 e. The Bertz CT molecular complexity index is 53.7. The zero-order valence-corrected chi connectivity index (χ0v) is 4.47. The zero-order chi connectivity index (χ0) is 5.70. The molecule has 0 aromatic heterocycles. The van der Waals surface area contributed by atoms with Gasteiger partial charge in [0.2, 0.25) is 0 Å². The summed E-state index contributed by atoms with van der Waals surface area (Å²) in [6.45, 7) is 4.12. The van der Waals surface area contributed by atoms with Crippen molar-refractivity contribution in [2.24, 2.45) is 0 Å². The summed E-state index contributed by atoms with van der Waals surface area (Å²) >= 11 is 0. The van der Waals surface area contributed by atoms with Crippen molar-refractivity contribution in [2.75, 3.05) is 0 Å². The summed E-state index contributed by atoms with van der Waals surface area (Å²) in [5, 5.41) is 0. The van der Waals surface area contributed by atoms with E-state index >= 15 is 0 Å². The van der Waals surface area contributed by atoms with E-state index < -0.39 is 0 Å². The number of hydroxylamine groups is 1. The van der Waals surface area contributed by atoms with E-state index in [4.69, 9.17) is 0 Å². The Morgan fingerprint density at radius 3 is 2.43 bits per heavy atom. The highest BCUT2D eigenvalue weighted by atomic mass is 16.7. The lowest BCUT2D eigenvalue weighted by atomic mass is 10.4. The molecule has 0 aromatic carbocycles. The summed E-state index contributed by atoms with van der Waals surface area (Å²) in [6, 6.07) is 0.199. The van der Waals surface area contributed by atoms with E-state index in [9.17, 15) is 4.79 Å². The molecule has 1 N–H and O–H groups in total. The Morgan fingerprint density at radius 1 is 1.71 bits per heavy atom. The van der Waals surface area contributed by atoms with Gasteiger partial charge in [0.1, 0.15) is 0 Å². The number of carbonyl (C=O) groups is 1. The van der Waals surface area contributed by atoms with Crippen molar-refractivity contribution in [1.82, 2.24) is 5.48 Å². The Balaban J connectivity index is 2.81. The average Bonchev–Trinajstić information content (AvgIpc) is 1.61. The van der Waals surface area contributed by atoms with Gasteiger partial charge in [-0.2, -0.15) is 5.48 Å². The SMILES string of the molecule is CC(C)NOC=O. The Labute approximate surface area is 42.6 Å². The smallest absolute Gasteiger partial charge is 0.312 e. The number of nitrogens with one attached hydrogen (secondary N) is 1. The molecule has 0 aliphatic carbocycles. The molecule has 3 heteroatoms. The van der Waals surface area contributed by atoms with Gasteiger partial charge in [0.25, 0.3) is 0 Å². The second-order valence-electron chi connectivity index (χ2n) is 1.49. The van der Waals surface area contributed by atoms with Crippen LogP contribution in [0.3, 0.4) is 0 Å². The van der Waals surface area contributed by atoms with Crippen molar-refractivity contribution in [3.8, 4) is 0 Å². The number of hydrogen-bond acceptors (Lipinski definition) is 3. The maximum Gasteiger partial charge on any atom is 0.312 e. The molecule has 0 rings (SSSR count). The highest BCUT2D eigenvalue weighted by Crippen LogP contribution is 1.71. The minimum atomic E-state index is 0.199. The molecule has 0 bridgehead atoms. The molecule has 3 nitrogen and oxygen atoms in total. The molecule has 0 aromatic rings. The lowest BCUT2D eigenvalue weighted by Crippen LogP contribution is -2.21. The molecule has 42 valence electrons. The van der Waals surface area contributed by atoms with Crippen LogP contribution < -0.4 is 5.48 Å². The van der Waals surface area contributed by atoms with Crippen LogP contribution in [-0.4, -0.2) is 12.5 Å². The third kappa shape index (κ3) is 5.43. The lowest BCUT2D eigenvalue weighted by Gasteiger charge is -2.00. The summed E-state index contributed by atoms with van der Waals surface area (Å²) in [7, 11) is 0. The maximum absolute atomic E-state index is 9.42. The molecule has 0 unspecified atom stereocenters. The van der Waals surface area contributed by atoms with Crippen LogP contribution in [0.2, 0.25) is 0 Å². The van der Waals surface area contributed by atoms with Crippen LogP contribution in [0.25, 0.3) is 0 Å². The Hall–Kier alpha value is -0.570. The molecule has 0 aliphatic rings. The van der Waals surface area contributed by atoms with Gasteiger partial charge in [0, 0.05) is 6.04 Å². The highest BCUT2D eigenvalue weighted by Gasteiger charge is 1.85. The summed E-state index contributed by atoms with van der Waals surface area (Å²) in [5.41, 5.74) is 2.43. The van der Waals surface area contributed by atoms with Crippen molar-refractivity contribution in [3.63, 3.8) is 0 Å². The predicted octanol–water partition coefficient (Wildman–Crippen LogP) is 0.0724. The topological polar surface area (TPSA) is 38.3 Å². The predicted molar refractivity (Wildman–Crippen MR) is 25.4 cm³/mol. The van der Waals surface area contributed by atoms with E-state index in [2.05, 4.69) is 10.3 Å². The van der Waals surface area contributed by atoms with E-state index in [1.807, 2.05) is 13.8 Å². The van der Waals surface area contributed by atoms with Crippen LogP contribution in [0.1, 0.15) is 13.8 Å². The number of hydrogen-bond donors (Lipinski definition) is 1. The molecule has 0 heterocycles. The van der Waals surface area contributed by atoms with Crippen LogP contribution >= 0.6 is 0 Å². The van der Waals surface area contributed by atoms with Gasteiger partial charge < -0.3 is 4.84 Å². The van der Waals surface area contributed by atoms with Crippen molar-refractivity contribution >= 4 is 6.47 Å². The molecule has 0 saturated heterocycles. The first kappa shape index (κ1) is 6.43. The second kappa shape index (κ2) is 3.61. The van der Waals surface area contributed by atoms with Crippen molar-refractivity contribution in [1.29, 1.82) is 0 Å². The van der Waals surface area contributed by atoms with Crippen molar-refractivity contribution < 1.29 is 9.63 Å². The van der Waals surface area contributed by atoms with Gasteiger partial charge in [-0.15, -0.1) is 0 Å². The first-order valence-corrected chi connectivity index (χ1v) is 2.12. The minimum absolute atomic E-state index is 0.199. The van der Waals surface area contributed by atoms with Crippen LogP contribution in [0.5, 0.6) is 0 Å². The Kier molecular flexibility index (Phi) is 3.32. The van der Waals surface area contributed by atoms with Crippen LogP contribution in [0, 0.1) is 0 Å². The van der Waals surface area contributed by atoms with Gasteiger partial charge in [-0.3, -0.25) is 4.79 Å². The molecular formula is C4H9NO2. The van der Waals surface area contributed by atoms with E-state index in [0.29, 0.717) is 6.47 Å². The molecule has 0 aliphatic heterocycles. The fourth-order valence-electron chi connectivity index (χ4n) is 0.164. The minimum Gasteiger partial charge on any atom is -0.373 e. The van der Waals surface area contributed by atoms with Crippen LogP contribution in [0.15, 0.2) is 0 Å². The summed E-state index contributed by atoms with van der Waals surface area (Å²) in [4.78, 5) is 13.6. The summed E-state index contributed by atoms with van der Waals surface area (Å²) in [5.74, 6) is 0. The van der Waals surface area contributed by atoms with Crippen molar-refractivity contribution in [2.45, 2.75) is 19.9 Å². The molecule has 0 saturated carbocycles. The summed E-state index contributed by atoms with van der Waals surface area (Å²) < 4.78 is 0. The first-order valence-electron chi connectivity index (χ1n) is 2.12.